The maximum absolute atomic E-state index is 11.6. The van der Waals surface area contributed by atoms with Crippen LogP contribution in [0.2, 0.25) is 0 Å². The molecule has 0 saturated heterocycles. The summed E-state index contributed by atoms with van der Waals surface area (Å²) < 4.78 is 10.4. The highest BCUT2D eigenvalue weighted by atomic mass is 16.5. The molecule has 2 N–H and O–H groups in total. The van der Waals surface area contributed by atoms with Crippen molar-refractivity contribution in [1.82, 2.24) is 10.6 Å². The first kappa shape index (κ1) is 17.8. The van der Waals surface area contributed by atoms with Gasteiger partial charge in [-0.3, -0.25) is 9.59 Å². The zero-order chi connectivity index (χ0) is 16.5. The van der Waals surface area contributed by atoms with E-state index in [2.05, 4.69) is 10.6 Å². The average Bonchev–Trinajstić information content (AvgIpc) is 2.54. The predicted octanol–water partition coefficient (Wildman–Crippen LogP) is 1.28. The van der Waals surface area contributed by atoms with Gasteiger partial charge < -0.3 is 20.1 Å². The number of methoxy groups -OCH3 is 2. The lowest BCUT2D eigenvalue weighted by molar-refractivity contribution is -0.139. The Morgan fingerprint density at radius 3 is 2.41 bits per heavy atom. The lowest BCUT2D eigenvalue weighted by Crippen LogP contribution is -2.43. The van der Waals surface area contributed by atoms with E-state index in [-0.39, 0.29) is 6.04 Å². The number of rotatable bonds is 7. The number of hydrogen-bond donors (Lipinski definition) is 2. The fourth-order valence-corrected chi connectivity index (χ4v) is 1.83. The fraction of sp³-hybridized carbons (Fsp3) is 0.500. The number of hydrogen-bond acceptors (Lipinski definition) is 4. The third-order valence-corrected chi connectivity index (χ3v) is 3.34. The summed E-state index contributed by atoms with van der Waals surface area (Å²) >= 11 is 0. The van der Waals surface area contributed by atoms with E-state index < -0.39 is 11.8 Å². The number of carbonyl (C=O) groups excluding carboxylic acids is 2. The monoisotopic (exact) mass is 308 g/mol. The van der Waals surface area contributed by atoms with Crippen molar-refractivity contribution < 1.29 is 19.1 Å². The molecule has 1 aromatic rings. The summed E-state index contributed by atoms with van der Waals surface area (Å²) in [6.45, 7) is 4.18. The molecule has 0 aliphatic rings. The van der Waals surface area contributed by atoms with Gasteiger partial charge in [-0.15, -0.1) is 0 Å². The smallest absolute Gasteiger partial charge is 0.309 e. The Bertz CT molecular complexity index is 517. The van der Waals surface area contributed by atoms with E-state index in [4.69, 9.17) is 9.47 Å². The Morgan fingerprint density at radius 1 is 1.14 bits per heavy atom. The van der Waals surface area contributed by atoms with Gasteiger partial charge in [0.2, 0.25) is 0 Å². The van der Waals surface area contributed by atoms with Crippen molar-refractivity contribution in [3.8, 4) is 11.5 Å². The van der Waals surface area contributed by atoms with Crippen LogP contribution in [0.5, 0.6) is 11.5 Å². The van der Waals surface area contributed by atoms with Crippen LogP contribution >= 0.6 is 0 Å². The summed E-state index contributed by atoms with van der Waals surface area (Å²) in [7, 11) is 3.15. The molecule has 22 heavy (non-hydrogen) atoms. The highest BCUT2D eigenvalue weighted by molar-refractivity contribution is 6.35. The van der Waals surface area contributed by atoms with Crippen LogP contribution in [0.25, 0.3) is 0 Å². The number of carbonyl (C=O) groups is 2. The van der Waals surface area contributed by atoms with Gasteiger partial charge in [0.1, 0.15) is 0 Å². The summed E-state index contributed by atoms with van der Waals surface area (Å²) in [4.78, 5) is 23.2. The van der Waals surface area contributed by atoms with Crippen LogP contribution in [0.15, 0.2) is 18.2 Å². The van der Waals surface area contributed by atoms with E-state index in [0.29, 0.717) is 24.5 Å². The van der Waals surface area contributed by atoms with Gasteiger partial charge >= 0.3 is 11.8 Å². The molecule has 0 aliphatic heterocycles. The second kappa shape index (κ2) is 8.92. The first-order valence-electron chi connectivity index (χ1n) is 7.31. The molecule has 0 fully saturated rings. The van der Waals surface area contributed by atoms with Crippen LogP contribution in [-0.4, -0.2) is 38.6 Å². The topological polar surface area (TPSA) is 76.7 Å². The van der Waals surface area contributed by atoms with Gasteiger partial charge in [0.15, 0.2) is 11.5 Å². The molecule has 0 spiro atoms. The van der Waals surface area contributed by atoms with Gasteiger partial charge in [0.25, 0.3) is 0 Å². The van der Waals surface area contributed by atoms with Crippen LogP contribution in [0.3, 0.4) is 0 Å². The van der Waals surface area contributed by atoms with Crippen molar-refractivity contribution in [3.63, 3.8) is 0 Å². The van der Waals surface area contributed by atoms with Gasteiger partial charge in [-0.2, -0.15) is 0 Å². The Balaban J connectivity index is 2.47. The minimum atomic E-state index is -0.610. The normalized spacial score (nSPS) is 11.5. The van der Waals surface area contributed by atoms with Crippen molar-refractivity contribution in [2.24, 2.45) is 0 Å². The summed E-state index contributed by atoms with van der Waals surface area (Å²) in [5.74, 6) is 0.0893. The van der Waals surface area contributed by atoms with Crippen LogP contribution in [0.1, 0.15) is 25.8 Å². The number of benzene rings is 1. The number of nitrogens with one attached hydrogen (secondary N) is 2. The maximum atomic E-state index is 11.6. The van der Waals surface area contributed by atoms with Gasteiger partial charge in [-0.1, -0.05) is 13.0 Å². The minimum Gasteiger partial charge on any atom is -0.493 e. The third kappa shape index (κ3) is 5.27. The summed E-state index contributed by atoms with van der Waals surface area (Å²) in [6, 6.07) is 5.55. The molecule has 0 radical (unpaired) electrons. The van der Waals surface area contributed by atoms with Gasteiger partial charge in [0, 0.05) is 12.6 Å². The molecule has 2 amide bonds. The van der Waals surface area contributed by atoms with Crippen LogP contribution in [0, 0.1) is 0 Å². The Morgan fingerprint density at radius 2 is 1.82 bits per heavy atom. The van der Waals surface area contributed by atoms with Gasteiger partial charge in [0.05, 0.1) is 14.2 Å². The summed E-state index contributed by atoms with van der Waals surface area (Å²) in [5.41, 5.74) is 0.986. The first-order chi connectivity index (χ1) is 10.5. The fourth-order valence-electron chi connectivity index (χ4n) is 1.83. The second-order valence-electron chi connectivity index (χ2n) is 4.98. The lowest BCUT2D eigenvalue weighted by Gasteiger charge is -2.12. The Hall–Kier alpha value is -2.24. The molecule has 6 heteroatoms. The van der Waals surface area contributed by atoms with E-state index in [9.17, 15) is 9.59 Å². The SMILES string of the molecule is CC[C@H](C)NC(=O)C(=O)NCCc1ccc(OC)c(OC)c1. The van der Waals surface area contributed by atoms with E-state index in [1.807, 2.05) is 32.0 Å². The van der Waals surface area contributed by atoms with Crippen LogP contribution < -0.4 is 20.1 Å². The summed E-state index contributed by atoms with van der Waals surface area (Å²) in [6.07, 6.45) is 1.38. The van der Waals surface area contributed by atoms with Gasteiger partial charge in [-0.05, 0) is 37.5 Å². The zero-order valence-corrected chi connectivity index (χ0v) is 13.6. The standard InChI is InChI=1S/C16H24N2O4/c1-5-11(2)18-16(20)15(19)17-9-8-12-6-7-13(21-3)14(10-12)22-4/h6-7,10-11H,5,8-9H2,1-4H3,(H,17,19)(H,18,20)/t11-/m0/s1. The molecule has 0 unspecified atom stereocenters. The molecule has 0 aliphatic carbocycles. The van der Waals surface area contributed by atoms with E-state index in [1.54, 1.807) is 14.2 Å². The molecular weight excluding hydrogens is 284 g/mol. The Kier molecular flexibility index (Phi) is 7.22. The first-order valence-corrected chi connectivity index (χ1v) is 7.31. The van der Waals surface area contributed by atoms with Gasteiger partial charge in [-0.25, -0.2) is 0 Å². The van der Waals surface area contributed by atoms with Crippen molar-refractivity contribution in [1.29, 1.82) is 0 Å². The quantitative estimate of drug-likeness (QED) is 0.744. The zero-order valence-electron chi connectivity index (χ0n) is 13.6. The highest BCUT2D eigenvalue weighted by Gasteiger charge is 2.14. The highest BCUT2D eigenvalue weighted by Crippen LogP contribution is 2.27. The molecule has 6 nitrogen and oxygen atoms in total. The predicted molar refractivity (Wildman–Crippen MR) is 84.2 cm³/mol. The van der Waals surface area contributed by atoms with Crippen molar-refractivity contribution in [2.45, 2.75) is 32.7 Å². The molecule has 1 atom stereocenters. The minimum absolute atomic E-state index is 0.0101. The molecular formula is C16H24N2O4. The van der Waals surface area contributed by atoms with Crippen LogP contribution in [-0.2, 0) is 16.0 Å². The molecule has 0 heterocycles. The summed E-state index contributed by atoms with van der Waals surface area (Å²) in [5, 5.41) is 5.23. The van der Waals surface area contributed by atoms with E-state index in [1.165, 1.54) is 0 Å². The molecule has 0 saturated carbocycles. The van der Waals surface area contributed by atoms with Crippen molar-refractivity contribution in [3.05, 3.63) is 23.8 Å². The van der Waals surface area contributed by atoms with E-state index in [0.717, 1.165) is 12.0 Å². The number of ether oxygens (including phenoxy) is 2. The Labute approximate surface area is 131 Å². The second-order valence-corrected chi connectivity index (χ2v) is 4.98. The van der Waals surface area contributed by atoms with Crippen LogP contribution in [0.4, 0.5) is 0 Å². The third-order valence-electron chi connectivity index (χ3n) is 3.34. The van der Waals surface area contributed by atoms with Crippen molar-refractivity contribution in [2.75, 3.05) is 20.8 Å². The number of amides is 2. The molecule has 1 rings (SSSR count). The van der Waals surface area contributed by atoms with E-state index >= 15 is 0 Å². The average molecular weight is 308 g/mol. The maximum Gasteiger partial charge on any atom is 0.309 e. The molecule has 122 valence electrons. The molecule has 0 aromatic heterocycles. The largest absolute Gasteiger partial charge is 0.493 e. The molecule has 1 aromatic carbocycles. The van der Waals surface area contributed by atoms with Crippen molar-refractivity contribution >= 4 is 11.8 Å². The lowest BCUT2D eigenvalue weighted by atomic mass is 10.1. The molecule has 0 bridgehead atoms.